The van der Waals surface area contributed by atoms with Crippen molar-refractivity contribution in [3.05, 3.63) is 42.6 Å². The molecule has 0 radical (unpaired) electrons. The van der Waals surface area contributed by atoms with Gasteiger partial charge in [-0.2, -0.15) is 0 Å². The molecule has 6 nitrogen and oxygen atoms in total. The Labute approximate surface area is 139 Å². The third-order valence-corrected chi connectivity index (χ3v) is 3.73. The zero-order valence-corrected chi connectivity index (χ0v) is 13.7. The largest absolute Gasteiger partial charge is 0.502 e. The van der Waals surface area contributed by atoms with E-state index < -0.39 is 0 Å². The summed E-state index contributed by atoms with van der Waals surface area (Å²) in [6.07, 6.45) is 1.75. The first-order valence-electron chi connectivity index (χ1n) is 7.31. The van der Waals surface area contributed by atoms with E-state index in [1.54, 1.807) is 25.4 Å². The van der Waals surface area contributed by atoms with Crippen LogP contribution in [0, 0.1) is 0 Å². The Kier molecular flexibility index (Phi) is 4.29. The Morgan fingerprint density at radius 3 is 2.04 bits per heavy atom. The molecule has 0 aliphatic carbocycles. The maximum Gasteiger partial charge on any atom is 0.200 e. The monoisotopic (exact) mass is 326 g/mol. The SMILES string of the molecule is COc1ccc(-c2cnc(-c3cc(OC)c(O)c(OC)c3)[nH]2)cc1. The van der Waals surface area contributed by atoms with E-state index in [9.17, 15) is 5.11 Å². The van der Waals surface area contributed by atoms with Gasteiger partial charge in [0.15, 0.2) is 11.5 Å². The fourth-order valence-corrected chi connectivity index (χ4v) is 2.42. The van der Waals surface area contributed by atoms with Gasteiger partial charge in [0.05, 0.1) is 33.2 Å². The summed E-state index contributed by atoms with van der Waals surface area (Å²) < 4.78 is 15.5. The van der Waals surface area contributed by atoms with E-state index >= 15 is 0 Å². The second kappa shape index (κ2) is 6.54. The predicted octanol–water partition coefficient (Wildman–Crippen LogP) is 3.48. The van der Waals surface area contributed by atoms with Crippen LogP contribution in [0.5, 0.6) is 23.0 Å². The number of methoxy groups -OCH3 is 3. The first-order chi connectivity index (χ1) is 11.7. The van der Waals surface area contributed by atoms with Crippen molar-refractivity contribution in [1.29, 1.82) is 0 Å². The molecule has 0 aliphatic heterocycles. The predicted molar refractivity (Wildman–Crippen MR) is 90.8 cm³/mol. The third kappa shape index (κ3) is 2.86. The maximum atomic E-state index is 10.0. The number of aromatic nitrogens is 2. The molecule has 0 saturated heterocycles. The van der Waals surface area contributed by atoms with Gasteiger partial charge in [0.1, 0.15) is 11.6 Å². The number of phenols is 1. The van der Waals surface area contributed by atoms with Crippen molar-refractivity contribution < 1.29 is 19.3 Å². The maximum absolute atomic E-state index is 10.0. The highest BCUT2D eigenvalue weighted by Crippen LogP contribution is 2.39. The second-order valence-electron chi connectivity index (χ2n) is 5.10. The molecule has 0 bridgehead atoms. The van der Waals surface area contributed by atoms with Crippen molar-refractivity contribution in [2.24, 2.45) is 0 Å². The van der Waals surface area contributed by atoms with Gasteiger partial charge in [-0.15, -0.1) is 0 Å². The Morgan fingerprint density at radius 2 is 1.50 bits per heavy atom. The van der Waals surface area contributed by atoms with Gasteiger partial charge in [-0.1, -0.05) is 0 Å². The molecule has 3 rings (SSSR count). The van der Waals surface area contributed by atoms with Crippen molar-refractivity contribution in [3.8, 4) is 45.6 Å². The Hall–Kier alpha value is -3.15. The lowest BCUT2D eigenvalue weighted by atomic mass is 10.1. The number of nitrogens with one attached hydrogen (secondary N) is 1. The normalized spacial score (nSPS) is 10.5. The number of H-pyrrole nitrogens is 1. The number of phenolic OH excluding ortho intramolecular Hbond substituents is 1. The zero-order chi connectivity index (χ0) is 17.1. The number of rotatable bonds is 5. The number of aromatic amines is 1. The lowest BCUT2D eigenvalue weighted by molar-refractivity contribution is 0.340. The van der Waals surface area contributed by atoms with E-state index in [0.717, 1.165) is 22.6 Å². The summed E-state index contributed by atoms with van der Waals surface area (Å²) in [5.41, 5.74) is 2.62. The number of aromatic hydroxyl groups is 1. The fraction of sp³-hybridized carbons (Fsp3) is 0.167. The van der Waals surface area contributed by atoms with Gasteiger partial charge in [-0.05, 0) is 42.0 Å². The molecule has 1 heterocycles. The van der Waals surface area contributed by atoms with E-state index in [2.05, 4.69) is 9.97 Å². The molecule has 0 amide bonds. The first-order valence-corrected chi connectivity index (χ1v) is 7.31. The summed E-state index contributed by atoms with van der Waals surface area (Å²) in [5.74, 6) is 2.06. The van der Waals surface area contributed by atoms with E-state index in [4.69, 9.17) is 14.2 Å². The summed E-state index contributed by atoms with van der Waals surface area (Å²) in [6.45, 7) is 0. The molecule has 124 valence electrons. The van der Waals surface area contributed by atoms with Crippen LogP contribution in [0.15, 0.2) is 42.6 Å². The summed E-state index contributed by atoms with van der Waals surface area (Å²) >= 11 is 0. The third-order valence-electron chi connectivity index (χ3n) is 3.73. The van der Waals surface area contributed by atoms with E-state index in [1.165, 1.54) is 14.2 Å². The number of nitrogens with zero attached hydrogens (tertiary/aromatic N) is 1. The van der Waals surface area contributed by atoms with Gasteiger partial charge in [-0.3, -0.25) is 0 Å². The molecular weight excluding hydrogens is 308 g/mol. The molecule has 0 spiro atoms. The van der Waals surface area contributed by atoms with E-state index in [0.29, 0.717) is 17.3 Å². The van der Waals surface area contributed by atoms with Crippen LogP contribution in [0.4, 0.5) is 0 Å². The van der Waals surface area contributed by atoms with E-state index in [-0.39, 0.29) is 5.75 Å². The van der Waals surface area contributed by atoms with Crippen LogP contribution in [0.1, 0.15) is 0 Å². The van der Waals surface area contributed by atoms with Gasteiger partial charge in [-0.25, -0.2) is 4.98 Å². The molecular formula is C18H18N2O4. The minimum absolute atomic E-state index is 0.0364. The lowest BCUT2D eigenvalue weighted by Gasteiger charge is -2.10. The summed E-state index contributed by atoms with van der Waals surface area (Å²) in [4.78, 5) is 7.67. The van der Waals surface area contributed by atoms with Gasteiger partial charge < -0.3 is 24.3 Å². The van der Waals surface area contributed by atoms with Gasteiger partial charge in [0, 0.05) is 5.56 Å². The molecule has 0 aliphatic rings. The topological polar surface area (TPSA) is 76.6 Å². The molecule has 2 aromatic carbocycles. The van der Waals surface area contributed by atoms with Gasteiger partial charge in [0.2, 0.25) is 5.75 Å². The lowest BCUT2D eigenvalue weighted by Crippen LogP contribution is -1.91. The van der Waals surface area contributed by atoms with Gasteiger partial charge >= 0.3 is 0 Å². The summed E-state index contributed by atoms with van der Waals surface area (Å²) in [5, 5.41) is 10.0. The quantitative estimate of drug-likeness (QED) is 0.751. The Balaban J connectivity index is 1.98. The van der Waals surface area contributed by atoms with E-state index in [1.807, 2.05) is 24.3 Å². The van der Waals surface area contributed by atoms with Crippen molar-refractivity contribution >= 4 is 0 Å². The van der Waals surface area contributed by atoms with Crippen molar-refractivity contribution in [2.45, 2.75) is 0 Å². The molecule has 3 aromatic rings. The Bertz CT molecular complexity index is 815. The smallest absolute Gasteiger partial charge is 0.200 e. The van der Waals surface area contributed by atoms with Crippen LogP contribution >= 0.6 is 0 Å². The highest BCUT2D eigenvalue weighted by Gasteiger charge is 2.14. The highest BCUT2D eigenvalue weighted by atomic mass is 16.5. The van der Waals surface area contributed by atoms with Gasteiger partial charge in [0.25, 0.3) is 0 Å². The fourth-order valence-electron chi connectivity index (χ4n) is 2.42. The van der Waals surface area contributed by atoms with Crippen LogP contribution in [-0.2, 0) is 0 Å². The number of ether oxygens (including phenoxy) is 3. The Morgan fingerprint density at radius 1 is 0.875 bits per heavy atom. The van der Waals surface area contributed by atoms with Crippen LogP contribution in [0.25, 0.3) is 22.6 Å². The zero-order valence-electron chi connectivity index (χ0n) is 13.7. The molecule has 0 fully saturated rings. The number of benzene rings is 2. The highest BCUT2D eigenvalue weighted by molar-refractivity contribution is 5.69. The standard InChI is InChI=1S/C18H18N2O4/c1-22-13-6-4-11(5-7-13)14-10-19-18(20-14)12-8-15(23-2)17(21)16(9-12)24-3/h4-10,21H,1-3H3,(H,19,20). The summed E-state index contributed by atoms with van der Waals surface area (Å²) in [6, 6.07) is 11.1. The number of hydrogen-bond acceptors (Lipinski definition) is 5. The minimum Gasteiger partial charge on any atom is -0.502 e. The van der Waals surface area contributed by atoms with Crippen LogP contribution in [0.3, 0.4) is 0 Å². The molecule has 24 heavy (non-hydrogen) atoms. The van der Waals surface area contributed by atoms with Crippen LogP contribution in [-0.4, -0.2) is 36.4 Å². The van der Waals surface area contributed by atoms with Crippen molar-refractivity contribution in [3.63, 3.8) is 0 Å². The second-order valence-corrected chi connectivity index (χ2v) is 5.10. The number of imidazole rings is 1. The average Bonchev–Trinajstić information content (AvgIpc) is 3.12. The number of hydrogen-bond donors (Lipinski definition) is 2. The van der Waals surface area contributed by atoms with Crippen LogP contribution < -0.4 is 14.2 Å². The molecule has 1 aromatic heterocycles. The molecule has 2 N–H and O–H groups in total. The van der Waals surface area contributed by atoms with Crippen molar-refractivity contribution in [1.82, 2.24) is 9.97 Å². The molecule has 0 saturated carbocycles. The van der Waals surface area contributed by atoms with Crippen LogP contribution in [0.2, 0.25) is 0 Å². The molecule has 0 unspecified atom stereocenters. The summed E-state index contributed by atoms with van der Waals surface area (Å²) in [7, 11) is 4.61. The first kappa shape index (κ1) is 15.7. The minimum atomic E-state index is -0.0364. The van der Waals surface area contributed by atoms with Crippen molar-refractivity contribution in [2.75, 3.05) is 21.3 Å². The molecule has 0 atom stereocenters. The average molecular weight is 326 g/mol. The molecule has 6 heteroatoms.